The molecule has 1 aliphatic rings. The number of nitrogens with one attached hydrogen (secondary N) is 2. The molecule has 0 saturated carbocycles. The number of nitro benzene ring substituents is 1. The zero-order valence-electron chi connectivity index (χ0n) is 19.0. The first-order chi connectivity index (χ1) is 17.1. The Kier molecular flexibility index (Phi) is 8.41. The monoisotopic (exact) mass is 494 g/mol. The molecule has 4 rings (SSSR count). The molecule has 35 heavy (non-hydrogen) atoms. The highest BCUT2D eigenvalue weighted by Crippen LogP contribution is 2.29. The molecule has 1 aliphatic heterocycles. The number of aromatic nitrogens is 3. The number of thioether (sulfide) groups is 1. The number of nitro groups is 1. The number of aliphatic hydroxyl groups excluding tert-OH is 1. The first-order valence-corrected chi connectivity index (χ1v) is 12.3. The first-order valence-electron chi connectivity index (χ1n) is 11.3. The molecular formula is C23H26N8O3S. The molecule has 3 N–H and O–H groups in total. The van der Waals surface area contributed by atoms with Crippen LogP contribution < -0.4 is 15.6 Å². The number of benzene rings is 2. The number of hydrogen-bond donors (Lipinski definition) is 3. The molecule has 0 unspecified atom stereocenters. The van der Waals surface area contributed by atoms with Gasteiger partial charge in [0, 0.05) is 36.2 Å². The van der Waals surface area contributed by atoms with Gasteiger partial charge in [0.2, 0.25) is 17.8 Å². The van der Waals surface area contributed by atoms with Crippen LogP contribution in [-0.2, 0) is 0 Å². The second kappa shape index (κ2) is 12.1. The van der Waals surface area contributed by atoms with Crippen LogP contribution in [0.3, 0.4) is 0 Å². The van der Waals surface area contributed by atoms with Gasteiger partial charge in [0.15, 0.2) is 0 Å². The van der Waals surface area contributed by atoms with E-state index >= 15 is 0 Å². The second-order valence-electron chi connectivity index (χ2n) is 7.75. The fourth-order valence-corrected chi connectivity index (χ4v) is 4.31. The molecule has 1 aromatic heterocycles. The molecule has 0 atom stereocenters. The molecular weight excluding hydrogens is 468 g/mol. The van der Waals surface area contributed by atoms with Crippen LogP contribution in [0.15, 0.2) is 58.5 Å². The van der Waals surface area contributed by atoms with E-state index in [1.165, 1.54) is 30.5 Å². The standard InChI is InChI=1S/C23H26N8O3S/c32-13-14-35-20-10-9-17(15-19(20)31(33)34)16-24-29-22-26-21(25-18-7-3-1-4-8-18)27-23(28-22)30-11-5-2-6-12-30/h1,3-4,7-10,15-16,32H,2,5-6,11-14H2,(H2,25,26,27,28,29)/b24-16+. The summed E-state index contributed by atoms with van der Waals surface area (Å²) in [6.45, 7) is 1.70. The zero-order valence-corrected chi connectivity index (χ0v) is 19.8. The summed E-state index contributed by atoms with van der Waals surface area (Å²) in [5.41, 5.74) is 4.19. The van der Waals surface area contributed by atoms with Crippen molar-refractivity contribution in [1.29, 1.82) is 0 Å². The first kappa shape index (κ1) is 24.4. The number of para-hydroxylation sites is 1. The topological polar surface area (TPSA) is 142 Å². The average Bonchev–Trinajstić information content (AvgIpc) is 2.89. The van der Waals surface area contributed by atoms with E-state index in [1.807, 2.05) is 30.3 Å². The van der Waals surface area contributed by atoms with Crippen molar-refractivity contribution in [3.05, 3.63) is 64.2 Å². The molecule has 0 radical (unpaired) electrons. The third-order valence-corrected chi connectivity index (χ3v) is 6.24. The predicted molar refractivity (Wildman–Crippen MR) is 138 cm³/mol. The summed E-state index contributed by atoms with van der Waals surface area (Å²) in [6, 6.07) is 14.4. The van der Waals surface area contributed by atoms with Gasteiger partial charge in [-0.15, -0.1) is 11.8 Å². The van der Waals surface area contributed by atoms with Gasteiger partial charge in [0.25, 0.3) is 5.69 Å². The van der Waals surface area contributed by atoms with Crippen LogP contribution in [0.5, 0.6) is 0 Å². The van der Waals surface area contributed by atoms with E-state index in [0.717, 1.165) is 31.6 Å². The molecule has 12 heteroatoms. The summed E-state index contributed by atoms with van der Waals surface area (Å²) in [5.74, 6) is 1.61. The minimum absolute atomic E-state index is 0.0331. The maximum atomic E-state index is 11.4. The Labute approximate surface area is 206 Å². The number of hydrazone groups is 1. The molecule has 1 saturated heterocycles. The van der Waals surface area contributed by atoms with Gasteiger partial charge in [-0.2, -0.15) is 20.1 Å². The van der Waals surface area contributed by atoms with E-state index < -0.39 is 4.92 Å². The molecule has 0 bridgehead atoms. The Hall–Kier alpha value is -3.77. The Morgan fingerprint density at radius 3 is 2.60 bits per heavy atom. The summed E-state index contributed by atoms with van der Waals surface area (Å²) in [5, 5.41) is 27.8. The lowest BCUT2D eigenvalue weighted by molar-refractivity contribution is -0.387. The average molecular weight is 495 g/mol. The van der Waals surface area contributed by atoms with Crippen molar-refractivity contribution in [3.8, 4) is 0 Å². The van der Waals surface area contributed by atoms with Crippen molar-refractivity contribution in [2.45, 2.75) is 24.2 Å². The minimum Gasteiger partial charge on any atom is -0.396 e. The van der Waals surface area contributed by atoms with Crippen LogP contribution in [0.4, 0.5) is 29.2 Å². The summed E-state index contributed by atoms with van der Waals surface area (Å²) >= 11 is 1.23. The third-order valence-electron chi connectivity index (χ3n) is 5.20. The summed E-state index contributed by atoms with van der Waals surface area (Å²) < 4.78 is 0. The number of nitrogens with zero attached hydrogens (tertiary/aromatic N) is 6. The second-order valence-corrected chi connectivity index (χ2v) is 8.88. The molecule has 1 fully saturated rings. The highest BCUT2D eigenvalue weighted by atomic mass is 32.2. The normalized spacial score (nSPS) is 13.7. The van der Waals surface area contributed by atoms with Gasteiger partial charge in [0.05, 0.1) is 22.6 Å². The van der Waals surface area contributed by atoms with Crippen molar-refractivity contribution in [3.63, 3.8) is 0 Å². The van der Waals surface area contributed by atoms with E-state index in [9.17, 15) is 10.1 Å². The summed E-state index contributed by atoms with van der Waals surface area (Å²) in [6.07, 6.45) is 4.83. The zero-order chi connectivity index (χ0) is 24.5. The van der Waals surface area contributed by atoms with Crippen LogP contribution in [0, 0.1) is 10.1 Å². The fraction of sp³-hybridized carbons (Fsp3) is 0.304. The summed E-state index contributed by atoms with van der Waals surface area (Å²) in [7, 11) is 0. The van der Waals surface area contributed by atoms with Gasteiger partial charge in [-0.1, -0.05) is 24.3 Å². The SMILES string of the molecule is O=[N+]([O-])c1cc(/C=N/Nc2nc(Nc3ccccc3)nc(N3CCCCC3)n2)ccc1SCCO. The van der Waals surface area contributed by atoms with E-state index in [0.29, 0.717) is 28.1 Å². The largest absolute Gasteiger partial charge is 0.396 e. The third kappa shape index (κ3) is 6.87. The number of rotatable bonds is 10. The number of anilines is 4. The van der Waals surface area contributed by atoms with Crippen LogP contribution in [0.25, 0.3) is 0 Å². The molecule has 182 valence electrons. The van der Waals surface area contributed by atoms with Crippen molar-refractivity contribution >= 4 is 47.2 Å². The maximum absolute atomic E-state index is 11.4. The number of hydrogen-bond acceptors (Lipinski definition) is 11. The van der Waals surface area contributed by atoms with Crippen molar-refractivity contribution in [2.75, 3.05) is 41.1 Å². The molecule has 2 heterocycles. The van der Waals surface area contributed by atoms with Gasteiger partial charge in [-0.25, -0.2) is 5.43 Å². The van der Waals surface area contributed by atoms with Crippen molar-refractivity contribution in [2.24, 2.45) is 5.10 Å². The van der Waals surface area contributed by atoms with Crippen LogP contribution in [0.2, 0.25) is 0 Å². The highest BCUT2D eigenvalue weighted by molar-refractivity contribution is 7.99. The maximum Gasteiger partial charge on any atom is 0.283 e. The molecule has 2 aromatic carbocycles. The van der Waals surface area contributed by atoms with Gasteiger partial charge in [0.1, 0.15) is 0 Å². The molecule has 0 amide bonds. The Morgan fingerprint density at radius 1 is 1.09 bits per heavy atom. The van der Waals surface area contributed by atoms with Crippen LogP contribution in [-0.4, -0.2) is 56.6 Å². The van der Waals surface area contributed by atoms with Gasteiger partial charge >= 0.3 is 0 Å². The number of piperidine rings is 1. The highest BCUT2D eigenvalue weighted by Gasteiger charge is 2.17. The molecule has 3 aromatic rings. The van der Waals surface area contributed by atoms with E-state index in [2.05, 4.69) is 35.7 Å². The molecule has 0 spiro atoms. The smallest absolute Gasteiger partial charge is 0.283 e. The van der Waals surface area contributed by atoms with Gasteiger partial charge < -0.3 is 15.3 Å². The molecule has 0 aliphatic carbocycles. The van der Waals surface area contributed by atoms with Crippen molar-refractivity contribution < 1.29 is 10.0 Å². The number of aliphatic hydroxyl groups is 1. The quantitative estimate of drug-likeness (QED) is 0.164. The van der Waals surface area contributed by atoms with Crippen LogP contribution in [0.1, 0.15) is 24.8 Å². The lowest BCUT2D eigenvalue weighted by Gasteiger charge is -2.26. The van der Waals surface area contributed by atoms with Crippen LogP contribution >= 0.6 is 11.8 Å². The minimum atomic E-state index is -0.442. The van der Waals surface area contributed by atoms with Gasteiger partial charge in [-0.05, 0) is 37.5 Å². The molecule has 11 nitrogen and oxygen atoms in total. The summed E-state index contributed by atoms with van der Waals surface area (Å²) in [4.78, 5) is 27.2. The lowest BCUT2D eigenvalue weighted by atomic mass is 10.1. The van der Waals surface area contributed by atoms with E-state index in [4.69, 9.17) is 5.11 Å². The van der Waals surface area contributed by atoms with E-state index in [-0.39, 0.29) is 18.2 Å². The van der Waals surface area contributed by atoms with Crippen molar-refractivity contribution in [1.82, 2.24) is 15.0 Å². The van der Waals surface area contributed by atoms with Gasteiger partial charge in [-0.3, -0.25) is 10.1 Å². The fourth-order valence-electron chi connectivity index (χ4n) is 3.56. The Bertz CT molecular complexity index is 1170. The lowest BCUT2D eigenvalue weighted by Crippen LogP contribution is -2.31. The van der Waals surface area contributed by atoms with E-state index in [1.54, 1.807) is 12.1 Å². The Morgan fingerprint density at radius 2 is 1.86 bits per heavy atom. The Balaban J connectivity index is 1.54. The predicted octanol–water partition coefficient (Wildman–Crippen LogP) is 4.04.